The quantitative estimate of drug-likeness (QED) is 0.561. The van der Waals surface area contributed by atoms with Crippen LogP contribution < -0.4 is 0 Å². The second-order valence-electron chi connectivity index (χ2n) is 4.81. The molecule has 0 unspecified atom stereocenters. The normalized spacial score (nSPS) is 41.2. The van der Waals surface area contributed by atoms with Gasteiger partial charge in [-0.05, 0) is 24.7 Å². The van der Waals surface area contributed by atoms with E-state index in [2.05, 4.69) is 19.1 Å². The van der Waals surface area contributed by atoms with Crippen LogP contribution in [0.3, 0.4) is 0 Å². The van der Waals surface area contributed by atoms with Crippen molar-refractivity contribution in [1.82, 2.24) is 4.90 Å². The SMILES string of the molecule is CN(C)C(=O)[C@@]1(C)C[C@H]2C=C[C@H]1C2. The predicted octanol–water partition coefficient (Wildman–Crippen LogP) is 1.68. The molecule has 3 atom stereocenters. The van der Waals surface area contributed by atoms with Gasteiger partial charge in [0.1, 0.15) is 0 Å². The maximum absolute atomic E-state index is 11.9. The Morgan fingerprint density at radius 3 is 2.54 bits per heavy atom. The minimum absolute atomic E-state index is 0.108. The highest BCUT2D eigenvalue weighted by Crippen LogP contribution is 2.52. The summed E-state index contributed by atoms with van der Waals surface area (Å²) >= 11 is 0. The molecule has 2 aliphatic rings. The first kappa shape index (κ1) is 8.79. The highest BCUT2D eigenvalue weighted by Gasteiger charge is 2.50. The van der Waals surface area contributed by atoms with Gasteiger partial charge >= 0.3 is 0 Å². The molecular weight excluding hydrogens is 162 g/mol. The van der Waals surface area contributed by atoms with Crippen LogP contribution in [0.5, 0.6) is 0 Å². The third kappa shape index (κ3) is 1.11. The van der Waals surface area contributed by atoms with Gasteiger partial charge in [-0.15, -0.1) is 0 Å². The maximum atomic E-state index is 11.9. The average molecular weight is 179 g/mol. The van der Waals surface area contributed by atoms with E-state index in [0.29, 0.717) is 17.7 Å². The molecule has 0 spiro atoms. The lowest BCUT2D eigenvalue weighted by atomic mass is 9.76. The molecule has 1 amide bonds. The summed E-state index contributed by atoms with van der Waals surface area (Å²) < 4.78 is 0. The summed E-state index contributed by atoms with van der Waals surface area (Å²) in [5.41, 5.74) is -0.108. The monoisotopic (exact) mass is 179 g/mol. The molecule has 0 N–H and O–H groups in total. The summed E-state index contributed by atoms with van der Waals surface area (Å²) in [6.45, 7) is 2.11. The molecule has 13 heavy (non-hydrogen) atoms. The van der Waals surface area contributed by atoms with E-state index in [1.165, 1.54) is 6.42 Å². The Kier molecular flexibility index (Phi) is 1.76. The first-order chi connectivity index (χ1) is 6.04. The highest BCUT2D eigenvalue weighted by atomic mass is 16.2. The summed E-state index contributed by atoms with van der Waals surface area (Å²) in [6, 6.07) is 0. The van der Waals surface area contributed by atoms with Crippen molar-refractivity contribution in [2.75, 3.05) is 14.1 Å². The Morgan fingerprint density at radius 1 is 1.46 bits per heavy atom. The number of carbonyl (C=O) groups excluding carboxylic acids is 1. The molecular formula is C11H17NO. The summed E-state index contributed by atoms with van der Waals surface area (Å²) in [5.74, 6) is 1.45. The number of fused-ring (bicyclic) bond motifs is 2. The van der Waals surface area contributed by atoms with Gasteiger partial charge in [-0.3, -0.25) is 4.79 Å². The highest BCUT2D eigenvalue weighted by molar-refractivity contribution is 5.83. The number of hydrogen-bond donors (Lipinski definition) is 0. The van der Waals surface area contributed by atoms with Crippen molar-refractivity contribution in [1.29, 1.82) is 0 Å². The molecule has 0 radical (unpaired) electrons. The Morgan fingerprint density at radius 2 is 2.15 bits per heavy atom. The topological polar surface area (TPSA) is 20.3 Å². The molecule has 2 heteroatoms. The van der Waals surface area contributed by atoms with E-state index in [-0.39, 0.29) is 5.41 Å². The Hall–Kier alpha value is -0.790. The van der Waals surface area contributed by atoms with E-state index >= 15 is 0 Å². The number of amides is 1. The van der Waals surface area contributed by atoms with Crippen molar-refractivity contribution in [3.63, 3.8) is 0 Å². The lowest BCUT2D eigenvalue weighted by Crippen LogP contribution is -2.40. The predicted molar refractivity (Wildman–Crippen MR) is 52.2 cm³/mol. The molecule has 1 fully saturated rings. The van der Waals surface area contributed by atoms with Crippen LogP contribution >= 0.6 is 0 Å². The molecule has 2 nitrogen and oxygen atoms in total. The summed E-state index contributed by atoms with van der Waals surface area (Å²) in [5, 5.41) is 0. The molecule has 72 valence electrons. The van der Waals surface area contributed by atoms with Crippen molar-refractivity contribution < 1.29 is 4.79 Å². The van der Waals surface area contributed by atoms with E-state index in [1.807, 2.05) is 14.1 Å². The number of hydrogen-bond acceptors (Lipinski definition) is 1. The number of rotatable bonds is 1. The van der Waals surface area contributed by atoms with Crippen LogP contribution in [0.15, 0.2) is 12.2 Å². The van der Waals surface area contributed by atoms with Gasteiger partial charge in [-0.25, -0.2) is 0 Å². The number of allylic oxidation sites excluding steroid dienone is 2. The summed E-state index contributed by atoms with van der Waals surface area (Å²) in [4.78, 5) is 13.7. The average Bonchev–Trinajstić information content (AvgIpc) is 2.62. The van der Waals surface area contributed by atoms with Gasteiger partial charge in [-0.1, -0.05) is 19.1 Å². The zero-order valence-electron chi connectivity index (χ0n) is 8.58. The van der Waals surface area contributed by atoms with Gasteiger partial charge in [0.2, 0.25) is 5.91 Å². The maximum Gasteiger partial charge on any atom is 0.228 e. The molecule has 2 bridgehead atoms. The van der Waals surface area contributed by atoms with Gasteiger partial charge in [0.25, 0.3) is 0 Å². The standard InChI is InChI=1S/C11H17NO/c1-11(10(13)12(2)3)7-8-4-5-9(11)6-8/h4-5,8-9H,6-7H2,1-3H3/t8-,9-,11-/m0/s1. The van der Waals surface area contributed by atoms with Crippen molar-refractivity contribution in [3.8, 4) is 0 Å². The Balaban J connectivity index is 2.23. The molecule has 2 rings (SSSR count). The fourth-order valence-electron chi connectivity index (χ4n) is 2.85. The van der Waals surface area contributed by atoms with E-state index < -0.39 is 0 Å². The molecule has 0 aromatic rings. The third-order valence-corrected chi connectivity index (χ3v) is 3.57. The van der Waals surface area contributed by atoms with Gasteiger partial charge in [0.05, 0.1) is 5.41 Å². The van der Waals surface area contributed by atoms with Crippen molar-refractivity contribution in [3.05, 3.63) is 12.2 Å². The molecule has 0 aromatic heterocycles. The van der Waals surface area contributed by atoms with Crippen LogP contribution in [0.2, 0.25) is 0 Å². The van der Waals surface area contributed by atoms with Gasteiger partial charge < -0.3 is 4.90 Å². The van der Waals surface area contributed by atoms with Crippen molar-refractivity contribution >= 4 is 5.91 Å². The van der Waals surface area contributed by atoms with E-state index in [4.69, 9.17) is 0 Å². The van der Waals surface area contributed by atoms with E-state index in [9.17, 15) is 4.79 Å². The summed E-state index contributed by atoms with van der Waals surface area (Å²) in [6.07, 6.45) is 6.74. The summed E-state index contributed by atoms with van der Waals surface area (Å²) in [7, 11) is 3.70. The van der Waals surface area contributed by atoms with Crippen LogP contribution in [-0.4, -0.2) is 24.9 Å². The number of nitrogens with zero attached hydrogens (tertiary/aromatic N) is 1. The first-order valence-corrected chi connectivity index (χ1v) is 4.94. The zero-order valence-corrected chi connectivity index (χ0v) is 8.58. The Bertz CT molecular complexity index is 269. The smallest absolute Gasteiger partial charge is 0.228 e. The van der Waals surface area contributed by atoms with Crippen molar-refractivity contribution in [2.24, 2.45) is 17.3 Å². The second kappa shape index (κ2) is 2.60. The lowest BCUT2D eigenvalue weighted by molar-refractivity contribution is -0.140. The van der Waals surface area contributed by atoms with E-state index in [1.54, 1.807) is 4.90 Å². The fraction of sp³-hybridized carbons (Fsp3) is 0.727. The largest absolute Gasteiger partial charge is 0.348 e. The molecule has 2 aliphatic carbocycles. The Labute approximate surface area is 79.6 Å². The van der Waals surface area contributed by atoms with Crippen LogP contribution in [0.25, 0.3) is 0 Å². The van der Waals surface area contributed by atoms with Gasteiger partial charge in [0.15, 0.2) is 0 Å². The van der Waals surface area contributed by atoms with Gasteiger partial charge in [-0.2, -0.15) is 0 Å². The molecule has 0 aliphatic heterocycles. The van der Waals surface area contributed by atoms with Crippen LogP contribution in [0.4, 0.5) is 0 Å². The third-order valence-electron chi connectivity index (χ3n) is 3.57. The zero-order chi connectivity index (χ0) is 9.64. The lowest BCUT2D eigenvalue weighted by Gasteiger charge is -2.32. The van der Waals surface area contributed by atoms with Crippen LogP contribution in [0.1, 0.15) is 19.8 Å². The number of carbonyl (C=O) groups is 1. The second-order valence-corrected chi connectivity index (χ2v) is 4.81. The minimum Gasteiger partial charge on any atom is -0.348 e. The minimum atomic E-state index is -0.108. The van der Waals surface area contributed by atoms with Crippen LogP contribution in [0, 0.1) is 17.3 Å². The molecule has 0 saturated heterocycles. The van der Waals surface area contributed by atoms with Crippen LogP contribution in [-0.2, 0) is 4.79 Å². The molecule has 0 aromatic carbocycles. The molecule has 0 heterocycles. The van der Waals surface area contributed by atoms with Gasteiger partial charge in [0, 0.05) is 14.1 Å². The van der Waals surface area contributed by atoms with Crippen molar-refractivity contribution in [2.45, 2.75) is 19.8 Å². The van der Waals surface area contributed by atoms with E-state index in [0.717, 1.165) is 6.42 Å². The molecule has 1 saturated carbocycles. The fourth-order valence-corrected chi connectivity index (χ4v) is 2.85. The first-order valence-electron chi connectivity index (χ1n) is 4.94.